The lowest BCUT2D eigenvalue weighted by atomic mass is 9.83. The van der Waals surface area contributed by atoms with Gasteiger partial charge in [0.2, 0.25) is 0 Å². The van der Waals surface area contributed by atoms with Gasteiger partial charge in [-0.15, -0.1) is 0 Å². The van der Waals surface area contributed by atoms with Crippen molar-refractivity contribution >= 4 is 23.3 Å². The maximum Gasteiger partial charge on any atom is 0.252 e. The summed E-state index contributed by atoms with van der Waals surface area (Å²) in [5.74, 6) is 1.54. The monoisotopic (exact) mass is 281 g/mol. The summed E-state index contributed by atoms with van der Waals surface area (Å²) in [7, 11) is 0. The van der Waals surface area contributed by atoms with Gasteiger partial charge in [-0.05, 0) is 30.7 Å². The van der Waals surface area contributed by atoms with Crippen molar-refractivity contribution in [2.24, 2.45) is 11.8 Å². The molecule has 1 saturated carbocycles. The summed E-state index contributed by atoms with van der Waals surface area (Å²) in [6.45, 7) is 3.02. The van der Waals surface area contributed by atoms with E-state index in [9.17, 15) is 4.79 Å². The van der Waals surface area contributed by atoms with Crippen molar-refractivity contribution in [3.05, 3.63) is 22.8 Å². The first-order chi connectivity index (χ1) is 9.06. The third-order valence-corrected chi connectivity index (χ3v) is 4.12. The number of carbonyl (C=O) groups excluding carboxylic acids is 1. The number of hydrogen-bond donors (Lipinski definition) is 2. The molecule has 4 nitrogen and oxygen atoms in total. The largest absolute Gasteiger partial charge is 0.382 e. The summed E-state index contributed by atoms with van der Waals surface area (Å²) < 4.78 is 0. The number of rotatable bonds is 3. The molecule has 0 bridgehead atoms. The van der Waals surface area contributed by atoms with Crippen LogP contribution in [0.15, 0.2) is 12.3 Å². The number of halogens is 1. The minimum Gasteiger partial charge on any atom is -0.382 e. The zero-order chi connectivity index (χ0) is 13.8. The van der Waals surface area contributed by atoms with Gasteiger partial charge >= 0.3 is 0 Å². The van der Waals surface area contributed by atoms with Crippen molar-refractivity contribution in [3.63, 3.8) is 0 Å². The van der Waals surface area contributed by atoms with Crippen molar-refractivity contribution in [1.29, 1.82) is 0 Å². The van der Waals surface area contributed by atoms with Crippen LogP contribution in [0.3, 0.4) is 0 Å². The predicted molar refractivity (Wildman–Crippen MR) is 77.1 cm³/mol. The zero-order valence-corrected chi connectivity index (χ0v) is 11.9. The standard InChI is InChI=1S/C14H20ClN3O/c1-9-2-4-10(5-3-9)7-18-14(19)11-6-12(15)13(16)17-8-11/h6,8-10H,2-5,7H2,1H3,(H2,16,17)(H,18,19). The molecule has 0 atom stereocenters. The second-order valence-corrected chi connectivity index (χ2v) is 5.83. The van der Waals surface area contributed by atoms with Crippen molar-refractivity contribution in [1.82, 2.24) is 10.3 Å². The van der Waals surface area contributed by atoms with Gasteiger partial charge in [0.1, 0.15) is 5.82 Å². The molecule has 1 aromatic heterocycles. The quantitative estimate of drug-likeness (QED) is 0.895. The lowest BCUT2D eigenvalue weighted by Crippen LogP contribution is -2.31. The van der Waals surface area contributed by atoms with Gasteiger partial charge in [0.05, 0.1) is 10.6 Å². The van der Waals surface area contributed by atoms with Gasteiger partial charge in [-0.25, -0.2) is 4.98 Å². The van der Waals surface area contributed by atoms with E-state index in [4.69, 9.17) is 17.3 Å². The third-order valence-electron chi connectivity index (χ3n) is 3.82. The van der Waals surface area contributed by atoms with Crippen LogP contribution in [0, 0.1) is 11.8 Å². The van der Waals surface area contributed by atoms with Crippen molar-refractivity contribution in [3.8, 4) is 0 Å². The summed E-state index contributed by atoms with van der Waals surface area (Å²) in [5.41, 5.74) is 5.98. The Labute approximate surface area is 118 Å². The molecule has 0 aliphatic heterocycles. The molecule has 0 spiro atoms. The Hall–Kier alpha value is -1.29. The van der Waals surface area contributed by atoms with Crippen molar-refractivity contribution < 1.29 is 4.79 Å². The molecule has 19 heavy (non-hydrogen) atoms. The van der Waals surface area contributed by atoms with Crippen LogP contribution in [0.2, 0.25) is 5.02 Å². The van der Waals surface area contributed by atoms with Gasteiger partial charge in [-0.2, -0.15) is 0 Å². The van der Waals surface area contributed by atoms with E-state index in [0.717, 1.165) is 12.5 Å². The molecule has 2 rings (SSSR count). The number of nitrogen functional groups attached to an aromatic ring is 1. The third kappa shape index (κ3) is 3.83. The van der Waals surface area contributed by atoms with Crippen LogP contribution >= 0.6 is 11.6 Å². The van der Waals surface area contributed by atoms with E-state index in [1.54, 1.807) is 6.07 Å². The number of pyridine rings is 1. The number of nitrogens with one attached hydrogen (secondary N) is 1. The Kier molecular flexibility index (Phi) is 4.64. The first-order valence-electron chi connectivity index (χ1n) is 6.75. The van der Waals surface area contributed by atoms with Gasteiger partial charge in [-0.3, -0.25) is 4.79 Å². The molecule has 1 aromatic rings. The fourth-order valence-corrected chi connectivity index (χ4v) is 2.61. The first kappa shape index (κ1) is 14.1. The van der Waals surface area contributed by atoms with Crippen molar-refractivity contribution in [2.45, 2.75) is 32.6 Å². The highest BCUT2D eigenvalue weighted by Gasteiger charge is 2.19. The lowest BCUT2D eigenvalue weighted by Gasteiger charge is -2.26. The van der Waals surface area contributed by atoms with E-state index in [1.807, 2.05) is 0 Å². The van der Waals surface area contributed by atoms with Crippen LogP contribution < -0.4 is 11.1 Å². The van der Waals surface area contributed by atoms with Gasteiger partial charge in [-0.1, -0.05) is 31.4 Å². The van der Waals surface area contributed by atoms with Crippen LogP contribution in [0.4, 0.5) is 5.82 Å². The maximum atomic E-state index is 12.0. The Balaban J connectivity index is 1.85. The Morgan fingerprint density at radius 2 is 2.16 bits per heavy atom. The highest BCUT2D eigenvalue weighted by atomic mass is 35.5. The molecule has 0 saturated heterocycles. The topological polar surface area (TPSA) is 68.0 Å². The van der Waals surface area contributed by atoms with E-state index in [2.05, 4.69) is 17.2 Å². The van der Waals surface area contributed by atoms with Crippen LogP contribution in [0.1, 0.15) is 43.0 Å². The first-order valence-corrected chi connectivity index (χ1v) is 7.13. The van der Waals surface area contributed by atoms with E-state index < -0.39 is 0 Å². The van der Waals surface area contributed by atoms with Gasteiger partial charge in [0, 0.05) is 12.7 Å². The van der Waals surface area contributed by atoms with Crippen LogP contribution in [-0.4, -0.2) is 17.4 Å². The summed E-state index contributed by atoms with van der Waals surface area (Å²) in [6, 6.07) is 1.56. The molecule has 0 radical (unpaired) electrons. The second-order valence-electron chi connectivity index (χ2n) is 5.43. The fraction of sp³-hybridized carbons (Fsp3) is 0.571. The van der Waals surface area contributed by atoms with E-state index in [0.29, 0.717) is 16.5 Å². The fourth-order valence-electron chi connectivity index (χ4n) is 2.44. The van der Waals surface area contributed by atoms with Crippen LogP contribution in [0.25, 0.3) is 0 Å². The van der Waals surface area contributed by atoms with E-state index in [1.165, 1.54) is 31.9 Å². The van der Waals surface area contributed by atoms with Gasteiger partial charge < -0.3 is 11.1 Å². The minimum absolute atomic E-state index is 0.131. The highest BCUT2D eigenvalue weighted by Crippen LogP contribution is 2.27. The average Bonchev–Trinajstić information content (AvgIpc) is 2.41. The van der Waals surface area contributed by atoms with E-state index >= 15 is 0 Å². The number of amides is 1. The lowest BCUT2D eigenvalue weighted by molar-refractivity contribution is 0.0941. The zero-order valence-electron chi connectivity index (χ0n) is 11.2. The molecule has 0 aromatic carbocycles. The van der Waals surface area contributed by atoms with Gasteiger partial charge in [0.25, 0.3) is 5.91 Å². The number of carbonyl (C=O) groups is 1. The smallest absolute Gasteiger partial charge is 0.252 e. The molecule has 5 heteroatoms. The number of anilines is 1. The molecule has 1 amide bonds. The maximum absolute atomic E-state index is 12.0. The summed E-state index contributed by atoms with van der Waals surface area (Å²) >= 11 is 5.86. The highest BCUT2D eigenvalue weighted by molar-refractivity contribution is 6.33. The number of hydrogen-bond acceptors (Lipinski definition) is 3. The van der Waals surface area contributed by atoms with Crippen molar-refractivity contribution in [2.75, 3.05) is 12.3 Å². The number of nitrogens with zero attached hydrogens (tertiary/aromatic N) is 1. The Bertz CT molecular complexity index is 456. The molecule has 0 unspecified atom stereocenters. The summed E-state index contributed by atoms with van der Waals surface area (Å²) in [5, 5.41) is 3.27. The molecule has 1 heterocycles. The second kappa shape index (κ2) is 6.24. The van der Waals surface area contributed by atoms with Crippen LogP contribution in [0.5, 0.6) is 0 Å². The summed E-state index contributed by atoms with van der Waals surface area (Å²) in [4.78, 5) is 15.9. The molecule has 1 aliphatic carbocycles. The molecule has 1 aliphatic rings. The van der Waals surface area contributed by atoms with Gasteiger partial charge in [0.15, 0.2) is 0 Å². The number of aromatic nitrogens is 1. The number of nitrogens with two attached hydrogens (primary N) is 1. The SMILES string of the molecule is CC1CCC(CNC(=O)c2cnc(N)c(Cl)c2)CC1. The molecular formula is C14H20ClN3O. The molecule has 3 N–H and O–H groups in total. The summed E-state index contributed by atoms with van der Waals surface area (Å²) in [6.07, 6.45) is 6.37. The normalized spacial score (nSPS) is 23.1. The van der Waals surface area contributed by atoms with E-state index in [-0.39, 0.29) is 11.7 Å². The van der Waals surface area contributed by atoms with Crippen LogP contribution in [-0.2, 0) is 0 Å². The molecule has 104 valence electrons. The molecule has 1 fully saturated rings. The Morgan fingerprint density at radius 3 is 2.79 bits per heavy atom. The molecular weight excluding hydrogens is 262 g/mol. The Morgan fingerprint density at radius 1 is 1.47 bits per heavy atom. The minimum atomic E-state index is -0.131. The predicted octanol–water partition coefficient (Wildman–Crippen LogP) is 2.87. The average molecular weight is 282 g/mol.